The number of hydrogen-bond donors (Lipinski definition) is 2. The molecular weight excluding hydrogens is 491 g/mol. The summed E-state index contributed by atoms with van der Waals surface area (Å²) in [4.78, 5) is 6.70. The van der Waals surface area contributed by atoms with Gasteiger partial charge in [-0.25, -0.2) is 0 Å². The topological polar surface area (TPSA) is 66.7 Å². The molecule has 0 aliphatic carbocycles. The second-order valence-electron chi connectivity index (χ2n) is 7.04. The van der Waals surface area contributed by atoms with Crippen molar-refractivity contribution in [2.24, 2.45) is 12.0 Å². The minimum Gasteiger partial charge on any atom is -0.492 e. The van der Waals surface area contributed by atoms with E-state index in [0.717, 1.165) is 48.3 Å². The summed E-state index contributed by atoms with van der Waals surface area (Å²) in [6, 6.07) is 8.16. The van der Waals surface area contributed by atoms with E-state index < -0.39 is 0 Å². The number of aryl methyl sites for hydroxylation is 2. The van der Waals surface area contributed by atoms with E-state index in [9.17, 15) is 0 Å². The first kappa shape index (κ1) is 26.2. The lowest BCUT2D eigenvalue weighted by Crippen LogP contribution is -2.36. The summed E-state index contributed by atoms with van der Waals surface area (Å²) >= 11 is 0. The van der Waals surface area contributed by atoms with E-state index in [1.165, 1.54) is 5.56 Å². The smallest absolute Gasteiger partial charge is 0.191 e. The maximum absolute atomic E-state index is 6.05. The van der Waals surface area contributed by atoms with Gasteiger partial charge in [0.1, 0.15) is 12.4 Å². The van der Waals surface area contributed by atoms with E-state index in [1.807, 2.05) is 36.9 Å². The van der Waals surface area contributed by atoms with Gasteiger partial charge in [-0.3, -0.25) is 9.67 Å². The monoisotopic (exact) mass is 528 g/mol. The van der Waals surface area contributed by atoms with Crippen molar-refractivity contribution in [3.8, 4) is 5.75 Å². The minimum absolute atomic E-state index is 0. The van der Waals surface area contributed by atoms with Crippen LogP contribution in [0, 0.1) is 13.8 Å². The number of ether oxygens (including phenoxy) is 1. The van der Waals surface area contributed by atoms with Gasteiger partial charge < -0.3 is 20.3 Å². The van der Waals surface area contributed by atoms with Gasteiger partial charge in [-0.2, -0.15) is 5.10 Å². The molecule has 0 amide bonds. The SMILES string of the molecule is CCN(CC)CCOc1ccccc1CNC(=NC)NCc1c(C)nn(C)c1C.I. The van der Waals surface area contributed by atoms with Crippen LogP contribution in [0.3, 0.4) is 0 Å². The third-order valence-corrected chi connectivity index (χ3v) is 5.29. The normalized spacial score (nSPS) is 11.4. The molecule has 1 aromatic heterocycles. The van der Waals surface area contributed by atoms with E-state index in [0.29, 0.717) is 19.7 Å². The van der Waals surface area contributed by atoms with Crippen molar-refractivity contribution in [2.75, 3.05) is 33.3 Å². The minimum atomic E-state index is 0. The number of hydrogen-bond acceptors (Lipinski definition) is 4. The van der Waals surface area contributed by atoms with Crippen LogP contribution in [0.2, 0.25) is 0 Å². The van der Waals surface area contributed by atoms with Crippen molar-refractivity contribution in [3.05, 3.63) is 46.8 Å². The summed E-state index contributed by atoms with van der Waals surface area (Å²) < 4.78 is 7.96. The van der Waals surface area contributed by atoms with Crippen molar-refractivity contribution in [1.29, 1.82) is 0 Å². The molecule has 0 aliphatic rings. The van der Waals surface area contributed by atoms with Crippen molar-refractivity contribution in [3.63, 3.8) is 0 Å². The molecule has 0 atom stereocenters. The fraction of sp³-hybridized carbons (Fsp3) is 0.545. The van der Waals surface area contributed by atoms with Gasteiger partial charge in [0.15, 0.2) is 5.96 Å². The van der Waals surface area contributed by atoms with Gasteiger partial charge in [0, 0.05) is 50.6 Å². The van der Waals surface area contributed by atoms with Crippen LogP contribution in [-0.4, -0.2) is 53.9 Å². The number of guanidine groups is 1. The molecular formula is C22H37IN6O. The van der Waals surface area contributed by atoms with Crippen molar-refractivity contribution >= 4 is 29.9 Å². The van der Waals surface area contributed by atoms with Crippen LogP contribution in [0.15, 0.2) is 29.3 Å². The molecule has 0 bridgehead atoms. The molecule has 1 heterocycles. The maximum Gasteiger partial charge on any atom is 0.191 e. The number of likely N-dealkylation sites (N-methyl/N-ethyl adjacent to an activating group) is 1. The van der Waals surface area contributed by atoms with Gasteiger partial charge in [0.2, 0.25) is 0 Å². The molecule has 2 N–H and O–H groups in total. The van der Waals surface area contributed by atoms with E-state index in [2.05, 4.69) is 52.5 Å². The van der Waals surface area contributed by atoms with Crippen LogP contribution in [0.25, 0.3) is 0 Å². The van der Waals surface area contributed by atoms with Crippen LogP contribution >= 0.6 is 24.0 Å². The number of nitrogens with one attached hydrogen (secondary N) is 2. The Kier molecular flexibility index (Phi) is 11.8. The van der Waals surface area contributed by atoms with Crippen LogP contribution in [-0.2, 0) is 20.1 Å². The van der Waals surface area contributed by atoms with Crippen molar-refractivity contribution < 1.29 is 4.74 Å². The molecule has 0 unspecified atom stereocenters. The number of benzene rings is 1. The molecule has 0 fully saturated rings. The van der Waals surface area contributed by atoms with Gasteiger partial charge >= 0.3 is 0 Å². The molecule has 0 saturated heterocycles. The summed E-state index contributed by atoms with van der Waals surface area (Å²) in [5.41, 5.74) is 4.52. The summed E-state index contributed by atoms with van der Waals surface area (Å²) in [5.74, 6) is 1.67. The molecule has 168 valence electrons. The Morgan fingerprint density at radius 1 is 1.13 bits per heavy atom. The van der Waals surface area contributed by atoms with Crippen molar-refractivity contribution in [2.45, 2.75) is 40.8 Å². The first-order chi connectivity index (χ1) is 14.0. The van der Waals surface area contributed by atoms with Gasteiger partial charge in [-0.1, -0.05) is 32.0 Å². The highest BCUT2D eigenvalue weighted by molar-refractivity contribution is 14.0. The molecule has 1 aromatic carbocycles. The molecule has 0 saturated carbocycles. The average molecular weight is 528 g/mol. The first-order valence-corrected chi connectivity index (χ1v) is 10.4. The molecule has 0 aliphatic heterocycles. The van der Waals surface area contributed by atoms with E-state index in [4.69, 9.17) is 4.74 Å². The molecule has 7 nitrogen and oxygen atoms in total. The Hall–Kier alpha value is -1.81. The van der Waals surface area contributed by atoms with Crippen LogP contribution in [0.4, 0.5) is 0 Å². The highest BCUT2D eigenvalue weighted by Crippen LogP contribution is 2.17. The number of halogens is 1. The van der Waals surface area contributed by atoms with Gasteiger partial charge in [0.25, 0.3) is 0 Å². The lowest BCUT2D eigenvalue weighted by molar-refractivity contribution is 0.221. The molecule has 30 heavy (non-hydrogen) atoms. The maximum atomic E-state index is 6.05. The number of nitrogens with zero attached hydrogens (tertiary/aromatic N) is 4. The highest BCUT2D eigenvalue weighted by atomic mass is 127. The predicted molar refractivity (Wildman–Crippen MR) is 135 cm³/mol. The van der Waals surface area contributed by atoms with Gasteiger partial charge in [-0.15, -0.1) is 24.0 Å². The van der Waals surface area contributed by atoms with E-state index >= 15 is 0 Å². The third-order valence-electron chi connectivity index (χ3n) is 5.29. The largest absolute Gasteiger partial charge is 0.492 e. The Bertz CT molecular complexity index is 801. The van der Waals surface area contributed by atoms with Crippen molar-refractivity contribution in [1.82, 2.24) is 25.3 Å². The van der Waals surface area contributed by atoms with Gasteiger partial charge in [-0.05, 0) is 33.0 Å². The zero-order valence-electron chi connectivity index (χ0n) is 19.2. The summed E-state index contributed by atoms with van der Waals surface area (Å²) in [6.07, 6.45) is 0. The highest BCUT2D eigenvalue weighted by Gasteiger charge is 2.10. The lowest BCUT2D eigenvalue weighted by Gasteiger charge is -2.19. The fourth-order valence-electron chi connectivity index (χ4n) is 3.26. The molecule has 0 radical (unpaired) electrons. The van der Waals surface area contributed by atoms with Crippen LogP contribution in [0.5, 0.6) is 5.75 Å². The standard InChI is InChI=1S/C22H36N6O.HI/c1-7-28(8-2)13-14-29-21-12-10-9-11-19(21)15-24-22(23-5)25-16-20-17(3)26-27(6)18(20)4;/h9-12H,7-8,13-16H2,1-6H3,(H2,23,24,25);1H. The number of aromatic nitrogens is 2. The molecule has 8 heteroatoms. The Morgan fingerprint density at radius 3 is 2.40 bits per heavy atom. The van der Waals surface area contributed by atoms with Crippen LogP contribution in [0.1, 0.15) is 36.4 Å². The fourth-order valence-corrected chi connectivity index (χ4v) is 3.26. The summed E-state index contributed by atoms with van der Waals surface area (Å²) in [5, 5.41) is 11.2. The van der Waals surface area contributed by atoms with Crippen LogP contribution < -0.4 is 15.4 Å². The Morgan fingerprint density at radius 2 is 1.80 bits per heavy atom. The average Bonchev–Trinajstić information content (AvgIpc) is 2.97. The summed E-state index contributed by atoms with van der Waals surface area (Å²) in [6.45, 7) is 13.5. The molecule has 2 aromatic rings. The van der Waals surface area contributed by atoms with Gasteiger partial charge in [0.05, 0.1) is 5.69 Å². The first-order valence-electron chi connectivity index (χ1n) is 10.4. The number of aliphatic imine (C=N–C) groups is 1. The number of rotatable bonds is 10. The second kappa shape index (κ2) is 13.5. The predicted octanol–water partition coefficient (Wildman–Crippen LogP) is 3.24. The van der Waals surface area contributed by atoms with E-state index in [-0.39, 0.29) is 24.0 Å². The Labute approximate surface area is 198 Å². The lowest BCUT2D eigenvalue weighted by atomic mass is 10.2. The molecule has 0 spiro atoms. The van der Waals surface area contributed by atoms with E-state index in [1.54, 1.807) is 7.05 Å². The quantitative estimate of drug-likeness (QED) is 0.282. The summed E-state index contributed by atoms with van der Waals surface area (Å²) in [7, 11) is 3.75. The second-order valence-corrected chi connectivity index (χ2v) is 7.04. The third kappa shape index (κ3) is 7.46. The number of para-hydroxylation sites is 1. The zero-order valence-corrected chi connectivity index (χ0v) is 21.5. The Balaban J connectivity index is 0.00000450. The molecule has 2 rings (SSSR count). The zero-order chi connectivity index (χ0) is 21.2.